The number of nitrogens with zero attached hydrogens (tertiary/aromatic N) is 1. The van der Waals surface area contributed by atoms with Crippen LogP contribution in [0, 0.1) is 0 Å². The number of rotatable bonds is 3. The van der Waals surface area contributed by atoms with Crippen LogP contribution >= 0.6 is 11.3 Å². The van der Waals surface area contributed by atoms with Crippen LogP contribution in [-0.2, 0) is 0 Å². The van der Waals surface area contributed by atoms with Gasteiger partial charge in [0.05, 0.1) is 5.69 Å². The molecule has 5 nitrogen and oxygen atoms in total. The third-order valence-corrected chi connectivity index (χ3v) is 5.15. The van der Waals surface area contributed by atoms with Crippen LogP contribution in [0.3, 0.4) is 0 Å². The second-order valence-corrected chi connectivity index (χ2v) is 6.66. The van der Waals surface area contributed by atoms with Gasteiger partial charge < -0.3 is 5.11 Å². The van der Waals surface area contributed by atoms with Crippen molar-refractivity contribution in [3.8, 4) is 16.8 Å². The molecule has 6 heteroatoms. The van der Waals surface area contributed by atoms with Gasteiger partial charge in [0.2, 0.25) is 0 Å². The number of carbonyl (C=O) groups is 1. The van der Waals surface area contributed by atoms with E-state index in [9.17, 15) is 14.7 Å². The second-order valence-electron chi connectivity index (χ2n) is 5.66. The summed E-state index contributed by atoms with van der Waals surface area (Å²) in [6, 6.07) is 22.1. The SMILES string of the molecule is O=C(O)Nc1sc2c(ccc(=O)n2-c2ccccc2)c1-c1ccccc1. The summed E-state index contributed by atoms with van der Waals surface area (Å²) in [5.41, 5.74) is 2.25. The van der Waals surface area contributed by atoms with Crippen molar-refractivity contribution < 1.29 is 9.90 Å². The van der Waals surface area contributed by atoms with E-state index in [2.05, 4.69) is 5.32 Å². The number of hydrogen-bond donors (Lipinski definition) is 2. The Balaban J connectivity index is 2.08. The zero-order valence-corrected chi connectivity index (χ0v) is 14.4. The molecule has 0 saturated carbocycles. The molecule has 0 aliphatic heterocycles. The lowest BCUT2D eigenvalue weighted by atomic mass is 10.0. The Morgan fingerprint density at radius 1 is 0.923 bits per heavy atom. The third-order valence-electron chi connectivity index (χ3n) is 4.04. The maximum Gasteiger partial charge on any atom is 0.409 e. The smallest absolute Gasteiger partial charge is 0.409 e. The molecule has 2 heterocycles. The van der Waals surface area contributed by atoms with Gasteiger partial charge in [0, 0.05) is 17.0 Å². The van der Waals surface area contributed by atoms with Crippen molar-refractivity contribution in [2.75, 3.05) is 5.32 Å². The van der Waals surface area contributed by atoms with Crippen molar-refractivity contribution in [2.24, 2.45) is 0 Å². The number of hydrogen-bond acceptors (Lipinski definition) is 3. The van der Waals surface area contributed by atoms with Crippen molar-refractivity contribution in [3.63, 3.8) is 0 Å². The molecule has 0 radical (unpaired) electrons. The highest BCUT2D eigenvalue weighted by atomic mass is 32.1. The van der Waals surface area contributed by atoms with Crippen molar-refractivity contribution in [3.05, 3.63) is 83.2 Å². The first-order valence-electron chi connectivity index (χ1n) is 7.94. The van der Waals surface area contributed by atoms with Crippen LogP contribution in [0.25, 0.3) is 27.0 Å². The number of benzene rings is 2. The third kappa shape index (κ3) is 2.76. The number of nitrogens with one attached hydrogen (secondary N) is 1. The molecule has 2 aromatic heterocycles. The Labute approximate surface area is 152 Å². The lowest BCUT2D eigenvalue weighted by Gasteiger charge is -2.07. The zero-order valence-electron chi connectivity index (χ0n) is 13.5. The lowest BCUT2D eigenvalue weighted by Crippen LogP contribution is -2.16. The molecule has 2 N–H and O–H groups in total. The topological polar surface area (TPSA) is 71.3 Å². The maximum atomic E-state index is 12.5. The van der Waals surface area contributed by atoms with Gasteiger partial charge in [-0.05, 0) is 23.8 Å². The number of pyridine rings is 1. The van der Waals surface area contributed by atoms with Gasteiger partial charge in [-0.3, -0.25) is 14.7 Å². The molecule has 0 unspecified atom stereocenters. The number of amides is 1. The average Bonchev–Trinajstić information content (AvgIpc) is 3.00. The predicted octanol–water partition coefficient (Wildman–Crippen LogP) is 4.81. The summed E-state index contributed by atoms with van der Waals surface area (Å²) in [7, 11) is 0. The Morgan fingerprint density at radius 2 is 1.58 bits per heavy atom. The van der Waals surface area contributed by atoms with E-state index in [4.69, 9.17) is 0 Å². The van der Waals surface area contributed by atoms with E-state index >= 15 is 0 Å². The molecule has 4 rings (SSSR count). The van der Waals surface area contributed by atoms with Gasteiger partial charge >= 0.3 is 6.09 Å². The summed E-state index contributed by atoms with van der Waals surface area (Å²) >= 11 is 1.25. The molecule has 0 fully saturated rings. The van der Waals surface area contributed by atoms with Gasteiger partial charge in [0.25, 0.3) is 5.56 Å². The van der Waals surface area contributed by atoms with E-state index in [1.54, 1.807) is 10.6 Å². The van der Waals surface area contributed by atoms with Gasteiger partial charge in [-0.25, -0.2) is 4.79 Å². The summed E-state index contributed by atoms with van der Waals surface area (Å²) in [5, 5.41) is 13.0. The number of thiophene rings is 1. The normalized spacial score (nSPS) is 10.8. The van der Waals surface area contributed by atoms with Gasteiger partial charge in [-0.1, -0.05) is 59.9 Å². The van der Waals surface area contributed by atoms with Crippen LogP contribution in [-0.4, -0.2) is 15.8 Å². The molecule has 4 aromatic rings. The fourth-order valence-electron chi connectivity index (χ4n) is 2.98. The zero-order chi connectivity index (χ0) is 18.1. The van der Waals surface area contributed by atoms with Crippen LogP contribution in [0.2, 0.25) is 0 Å². The Bertz CT molecular complexity index is 1150. The van der Waals surface area contributed by atoms with Crippen LogP contribution in [0.1, 0.15) is 0 Å². The van der Waals surface area contributed by atoms with Gasteiger partial charge in [0.1, 0.15) is 9.83 Å². The first kappa shape index (κ1) is 16.1. The molecule has 1 amide bonds. The highest BCUT2D eigenvalue weighted by molar-refractivity contribution is 7.23. The van der Waals surface area contributed by atoms with Crippen LogP contribution in [0.5, 0.6) is 0 Å². The number of anilines is 1. The molecule has 0 bridgehead atoms. The highest BCUT2D eigenvalue weighted by Gasteiger charge is 2.19. The van der Waals surface area contributed by atoms with Crippen molar-refractivity contribution in [2.45, 2.75) is 0 Å². The summed E-state index contributed by atoms with van der Waals surface area (Å²) in [5.74, 6) is 0. The molecular formula is C20H14N2O3S. The first-order valence-corrected chi connectivity index (χ1v) is 8.76. The number of fused-ring (bicyclic) bond motifs is 1. The Kier molecular flexibility index (Phi) is 4.02. The van der Waals surface area contributed by atoms with E-state index in [0.717, 1.165) is 22.2 Å². The molecule has 0 saturated heterocycles. The summed E-state index contributed by atoms with van der Waals surface area (Å²) in [6.45, 7) is 0. The van der Waals surface area contributed by atoms with Crippen LogP contribution < -0.4 is 10.9 Å². The second kappa shape index (κ2) is 6.50. The first-order chi connectivity index (χ1) is 12.6. The molecule has 2 aromatic carbocycles. The van der Waals surface area contributed by atoms with E-state index < -0.39 is 6.09 Å². The Morgan fingerprint density at radius 3 is 2.23 bits per heavy atom. The van der Waals surface area contributed by atoms with Gasteiger partial charge in [-0.2, -0.15) is 0 Å². The average molecular weight is 362 g/mol. The minimum Gasteiger partial charge on any atom is -0.465 e. The fourth-order valence-corrected chi connectivity index (χ4v) is 4.21. The Hall–Kier alpha value is -3.38. The standard InChI is InChI=1S/C20H14N2O3S/c23-16-12-11-15-17(13-7-3-1-4-8-13)18(21-20(24)25)26-19(15)22(16)14-9-5-2-6-10-14/h1-12,21H,(H,24,25). The number of aromatic nitrogens is 1. The highest BCUT2D eigenvalue weighted by Crippen LogP contribution is 2.42. The van der Waals surface area contributed by atoms with Gasteiger partial charge in [-0.15, -0.1) is 0 Å². The lowest BCUT2D eigenvalue weighted by molar-refractivity contribution is 0.210. The molecule has 0 aliphatic rings. The van der Waals surface area contributed by atoms with E-state index in [1.807, 2.05) is 60.7 Å². The number of para-hydroxylation sites is 1. The maximum absolute atomic E-state index is 12.5. The number of carboxylic acid groups (broad SMARTS) is 1. The molecule has 26 heavy (non-hydrogen) atoms. The summed E-state index contributed by atoms with van der Waals surface area (Å²) < 4.78 is 1.61. The predicted molar refractivity (Wildman–Crippen MR) is 105 cm³/mol. The van der Waals surface area contributed by atoms with Crippen molar-refractivity contribution >= 4 is 32.6 Å². The van der Waals surface area contributed by atoms with E-state index in [-0.39, 0.29) is 5.56 Å². The quantitative estimate of drug-likeness (QED) is 0.549. The monoisotopic (exact) mass is 362 g/mol. The molecule has 128 valence electrons. The molecule has 0 atom stereocenters. The molecule has 0 spiro atoms. The largest absolute Gasteiger partial charge is 0.465 e. The molecule has 0 aliphatic carbocycles. The van der Waals surface area contributed by atoms with Crippen molar-refractivity contribution in [1.29, 1.82) is 0 Å². The minimum atomic E-state index is -1.14. The molecular weight excluding hydrogens is 348 g/mol. The van der Waals surface area contributed by atoms with E-state index in [0.29, 0.717) is 9.83 Å². The van der Waals surface area contributed by atoms with Crippen molar-refractivity contribution in [1.82, 2.24) is 4.57 Å². The summed E-state index contributed by atoms with van der Waals surface area (Å²) in [4.78, 5) is 24.5. The van der Waals surface area contributed by atoms with Crippen LogP contribution in [0.4, 0.5) is 9.80 Å². The van der Waals surface area contributed by atoms with Gasteiger partial charge in [0.15, 0.2) is 0 Å². The summed E-state index contributed by atoms with van der Waals surface area (Å²) in [6.07, 6.45) is -1.14. The fraction of sp³-hybridized carbons (Fsp3) is 0. The van der Waals surface area contributed by atoms with E-state index in [1.165, 1.54) is 17.4 Å². The van der Waals surface area contributed by atoms with Crippen LogP contribution in [0.15, 0.2) is 77.6 Å². The minimum absolute atomic E-state index is 0.161.